The van der Waals surface area contributed by atoms with Gasteiger partial charge in [-0.25, -0.2) is 9.97 Å². The first-order valence-electron chi connectivity index (χ1n) is 7.68. The second-order valence-corrected chi connectivity index (χ2v) is 5.42. The summed E-state index contributed by atoms with van der Waals surface area (Å²) in [6.07, 6.45) is 3.16. The number of nitrogens with zero attached hydrogens (tertiary/aromatic N) is 4. The van der Waals surface area contributed by atoms with E-state index in [1.54, 1.807) is 6.20 Å². The molecule has 0 spiro atoms. The van der Waals surface area contributed by atoms with E-state index in [4.69, 9.17) is 9.84 Å². The fourth-order valence-electron chi connectivity index (χ4n) is 2.48. The summed E-state index contributed by atoms with van der Waals surface area (Å²) in [5.41, 5.74) is 0. The Bertz CT molecular complexity index is 552. The molecular formula is C15H22N4O4. The third kappa shape index (κ3) is 5.48. The first kappa shape index (κ1) is 17.1. The highest BCUT2D eigenvalue weighted by atomic mass is 16.5. The molecule has 0 aromatic carbocycles. The van der Waals surface area contributed by atoms with Crippen molar-refractivity contribution in [2.24, 2.45) is 0 Å². The molecule has 1 N–H and O–H groups in total. The Morgan fingerprint density at radius 1 is 1.35 bits per heavy atom. The van der Waals surface area contributed by atoms with Crippen LogP contribution < -0.4 is 4.90 Å². The lowest BCUT2D eigenvalue weighted by Crippen LogP contribution is -2.39. The SMILES string of the molecule is Cc1nccc(N2CCCOCC(=O)N(CC(=O)O)CCC2)n1. The molecule has 0 bridgehead atoms. The molecule has 8 nitrogen and oxygen atoms in total. The first-order valence-corrected chi connectivity index (χ1v) is 7.68. The molecule has 0 atom stereocenters. The molecule has 2 rings (SSSR count). The summed E-state index contributed by atoms with van der Waals surface area (Å²) in [5.74, 6) is 0.249. The molecule has 1 amide bonds. The number of amides is 1. The van der Waals surface area contributed by atoms with E-state index in [0.717, 1.165) is 18.8 Å². The molecule has 0 radical (unpaired) electrons. The van der Waals surface area contributed by atoms with E-state index in [0.29, 0.717) is 31.9 Å². The molecule has 8 heteroatoms. The quantitative estimate of drug-likeness (QED) is 0.856. The predicted octanol–water partition coefficient (Wildman–Crippen LogP) is 0.315. The Labute approximate surface area is 135 Å². The van der Waals surface area contributed by atoms with Gasteiger partial charge in [-0.1, -0.05) is 0 Å². The van der Waals surface area contributed by atoms with Gasteiger partial charge >= 0.3 is 5.97 Å². The number of hydrogen-bond acceptors (Lipinski definition) is 6. The van der Waals surface area contributed by atoms with Crippen LogP contribution in [0.15, 0.2) is 12.3 Å². The van der Waals surface area contributed by atoms with Gasteiger partial charge in [0.15, 0.2) is 0 Å². The van der Waals surface area contributed by atoms with Gasteiger partial charge in [0.1, 0.15) is 24.8 Å². The van der Waals surface area contributed by atoms with E-state index in [1.165, 1.54) is 4.90 Å². The third-order valence-corrected chi connectivity index (χ3v) is 3.56. The van der Waals surface area contributed by atoms with Crippen molar-refractivity contribution in [3.8, 4) is 0 Å². The predicted molar refractivity (Wildman–Crippen MR) is 83.3 cm³/mol. The minimum absolute atomic E-state index is 0.0695. The maximum absolute atomic E-state index is 12.0. The van der Waals surface area contributed by atoms with E-state index in [2.05, 4.69) is 14.9 Å². The van der Waals surface area contributed by atoms with Crippen LogP contribution in [0.5, 0.6) is 0 Å². The highest BCUT2D eigenvalue weighted by molar-refractivity contribution is 5.82. The van der Waals surface area contributed by atoms with Crippen molar-refractivity contribution in [3.63, 3.8) is 0 Å². The van der Waals surface area contributed by atoms with Crippen molar-refractivity contribution in [2.75, 3.05) is 44.3 Å². The number of aromatic nitrogens is 2. The molecule has 1 saturated heterocycles. The number of carbonyl (C=O) groups is 2. The topological polar surface area (TPSA) is 95.9 Å². The largest absolute Gasteiger partial charge is 0.480 e. The Morgan fingerprint density at radius 3 is 2.87 bits per heavy atom. The van der Waals surface area contributed by atoms with Gasteiger partial charge in [-0.15, -0.1) is 0 Å². The van der Waals surface area contributed by atoms with E-state index in [-0.39, 0.29) is 19.1 Å². The van der Waals surface area contributed by atoms with Gasteiger partial charge in [-0.05, 0) is 25.8 Å². The van der Waals surface area contributed by atoms with Crippen molar-refractivity contribution in [3.05, 3.63) is 18.1 Å². The van der Waals surface area contributed by atoms with Gasteiger partial charge in [-0.2, -0.15) is 0 Å². The minimum atomic E-state index is -1.02. The van der Waals surface area contributed by atoms with Crippen LogP contribution in [0.3, 0.4) is 0 Å². The van der Waals surface area contributed by atoms with Crippen molar-refractivity contribution in [1.82, 2.24) is 14.9 Å². The number of hydrogen-bond donors (Lipinski definition) is 1. The maximum atomic E-state index is 12.0. The number of carbonyl (C=O) groups excluding carboxylic acids is 1. The van der Waals surface area contributed by atoms with Crippen LogP contribution in [-0.4, -0.2) is 71.2 Å². The number of aryl methyl sites for hydroxylation is 1. The molecule has 0 unspecified atom stereocenters. The van der Waals surface area contributed by atoms with Crippen LogP contribution in [0, 0.1) is 6.92 Å². The molecular weight excluding hydrogens is 300 g/mol. The molecule has 2 heterocycles. The van der Waals surface area contributed by atoms with Gasteiger partial charge < -0.3 is 19.6 Å². The van der Waals surface area contributed by atoms with Gasteiger partial charge in [0.2, 0.25) is 5.91 Å². The van der Waals surface area contributed by atoms with E-state index in [1.807, 2.05) is 13.0 Å². The normalized spacial score (nSPS) is 17.7. The lowest BCUT2D eigenvalue weighted by atomic mass is 10.3. The Balaban J connectivity index is 2.05. The van der Waals surface area contributed by atoms with Crippen molar-refractivity contribution < 1.29 is 19.4 Å². The highest BCUT2D eigenvalue weighted by Crippen LogP contribution is 2.12. The van der Waals surface area contributed by atoms with E-state index >= 15 is 0 Å². The summed E-state index contributed by atoms with van der Waals surface area (Å²) >= 11 is 0. The number of aliphatic carboxylic acids is 1. The Morgan fingerprint density at radius 2 is 2.13 bits per heavy atom. The Hall–Kier alpha value is -2.22. The van der Waals surface area contributed by atoms with Crippen molar-refractivity contribution in [2.45, 2.75) is 19.8 Å². The second kappa shape index (κ2) is 8.42. The van der Waals surface area contributed by atoms with Gasteiger partial charge in [0.25, 0.3) is 0 Å². The number of anilines is 1. The van der Waals surface area contributed by atoms with Crippen LogP contribution >= 0.6 is 0 Å². The summed E-state index contributed by atoms with van der Waals surface area (Å²) in [6, 6.07) is 1.85. The zero-order valence-electron chi connectivity index (χ0n) is 13.3. The van der Waals surface area contributed by atoms with Gasteiger partial charge in [-0.3, -0.25) is 9.59 Å². The maximum Gasteiger partial charge on any atom is 0.323 e. The molecule has 1 aliphatic rings. The fraction of sp³-hybridized carbons (Fsp3) is 0.600. The zero-order chi connectivity index (χ0) is 16.7. The van der Waals surface area contributed by atoms with Crippen LogP contribution in [0.1, 0.15) is 18.7 Å². The van der Waals surface area contributed by atoms with E-state index in [9.17, 15) is 9.59 Å². The summed E-state index contributed by atoms with van der Waals surface area (Å²) < 4.78 is 5.35. The number of carboxylic acids is 1. The van der Waals surface area contributed by atoms with E-state index < -0.39 is 5.97 Å². The lowest BCUT2D eigenvalue weighted by molar-refractivity contribution is -0.146. The second-order valence-electron chi connectivity index (χ2n) is 5.42. The summed E-state index contributed by atoms with van der Waals surface area (Å²) in [6.45, 7) is 3.77. The van der Waals surface area contributed by atoms with Crippen LogP contribution in [0.25, 0.3) is 0 Å². The molecule has 1 fully saturated rings. The number of carboxylic acid groups (broad SMARTS) is 1. The van der Waals surface area contributed by atoms with Crippen molar-refractivity contribution in [1.29, 1.82) is 0 Å². The molecule has 23 heavy (non-hydrogen) atoms. The van der Waals surface area contributed by atoms with Crippen LogP contribution in [0.4, 0.5) is 5.82 Å². The highest BCUT2D eigenvalue weighted by Gasteiger charge is 2.18. The summed E-state index contributed by atoms with van der Waals surface area (Å²) in [7, 11) is 0. The fourth-order valence-corrected chi connectivity index (χ4v) is 2.48. The van der Waals surface area contributed by atoms with Crippen LogP contribution in [0.2, 0.25) is 0 Å². The Kier molecular flexibility index (Phi) is 6.28. The minimum Gasteiger partial charge on any atom is -0.480 e. The third-order valence-electron chi connectivity index (χ3n) is 3.56. The molecule has 0 aliphatic carbocycles. The van der Waals surface area contributed by atoms with Gasteiger partial charge in [0.05, 0.1) is 0 Å². The first-order chi connectivity index (χ1) is 11.1. The summed E-state index contributed by atoms with van der Waals surface area (Å²) in [4.78, 5) is 34.8. The molecule has 0 saturated carbocycles. The van der Waals surface area contributed by atoms with Crippen LogP contribution in [-0.2, 0) is 14.3 Å². The lowest BCUT2D eigenvalue weighted by Gasteiger charge is -2.25. The number of rotatable bonds is 3. The molecule has 1 aromatic rings. The zero-order valence-corrected chi connectivity index (χ0v) is 13.3. The van der Waals surface area contributed by atoms with Crippen molar-refractivity contribution >= 4 is 17.7 Å². The average Bonchev–Trinajstić information content (AvgIpc) is 2.54. The molecule has 1 aliphatic heterocycles. The molecule has 1 aromatic heterocycles. The monoisotopic (exact) mass is 322 g/mol. The van der Waals surface area contributed by atoms with Gasteiger partial charge in [0, 0.05) is 32.4 Å². The average molecular weight is 322 g/mol. The molecule has 126 valence electrons. The smallest absolute Gasteiger partial charge is 0.323 e. The number of ether oxygens (including phenoxy) is 1. The summed E-state index contributed by atoms with van der Waals surface area (Å²) in [5, 5.41) is 8.93. The standard InChI is InChI=1S/C15H22N4O4/c1-12-16-5-4-13(17-12)18-6-2-7-19(10-15(21)22)14(20)11-23-9-3-8-18/h4-5H,2-3,6-11H2,1H3,(H,21,22).